The Kier molecular flexibility index (Phi) is 8.24. The van der Waals surface area contributed by atoms with Gasteiger partial charge in [-0.05, 0) is 69.1 Å². The van der Waals surface area contributed by atoms with E-state index in [4.69, 9.17) is 24.1 Å². The van der Waals surface area contributed by atoms with Crippen molar-refractivity contribution in [3.05, 3.63) is 65.0 Å². The molecule has 0 radical (unpaired) electrons. The van der Waals surface area contributed by atoms with Crippen LogP contribution in [-0.4, -0.2) is 16.6 Å². The zero-order chi connectivity index (χ0) is 27.2. The van der Waals surface area contributed by atoms with Crippen LogP contribution in [-0.2, 0) is 11.0 Å². The number of hydrogen-bond acceptors (Lipinski definition) is 3. The van der Waals surface area contributed by atoms with Crippen LogP contribution in [0, 0.1) is 48.5 Å². The number of halogens is 3. The highest BCUT2D eigenvalue weighted by Gasteiger charge is 2.57. The van der Waals surface area contributed by atoms with Gasteiger partial charge in [0.2, 0.25) is 0 Å². The first-order valence-corrected chi connectivity index (χ1v) is 11.7. The van der Waals surface area contributed by atoms with Crippen LogP contribution in [0.25, 0.3) is 4.85 Å². The molecule has 1 heterocycles. The van der Waals surface area contributed by atoms with Crippen molar-refractivity contribution in [1.29, 1.82) is 5.26 Å². The summed E-state index contributed by atoms with van der Waals surface area (Å²) in [4.78, 5) is 19.5. The highest BCUT2D eigenvalue weighted by atomic mass is 32.1. The number of nitrogens with zero attached hydrogens (tertiary/aromatic N) is 4. The van der Waals surface area contributed by atoms with Gasteiger partial charge in [-0.25, -0.2) is 4.85 Å². The summed E-state index contributed by atoms with van der Waals surface area (Å²) in [7, 11) is 0. The first kappa shape index (κ1) is 27.3. The second-order valence-corrected chi connectivity index (χ2v) is 8.75. The Morgan fingerprint density at radius 1 is 1.05 bits per heavy atom. The topological polar surface area (TPSA) is 51.7 Å². The lowest BCUT2D eigenvalue weighted by molar-refractivity contribution is -0.136. The summed E-state index contributed by atoms with van der Waals surface area (Å²) >= 11 is 5.63. The summed E-state index contributed by atoms with van der Waals surface area (Å²) in [6.45, 7) is 10.7. The molecule has 2 fully saturated rings. The molecule has 2 aliphatic rings. The molecule has 1 spiro atoms. The number of aryl methyl sites for hydroxylation is 1. The molecule has 1 saturated carbocycles. The monoisotopic (exact) mass is 518 g/mol. The Hall–Kier alpha value is -4.31. The number of hydrogen-bond donors (Lipinski definition) is 0. The maximum Gasteiger partial charge on any atom is 0.407 e. The van der Waals surface area contributed by atoms with Gasteiger partial charge in [-0.15, -0.1) is 0 Å². The predicted molar refractivity (Wildman–Crippen MR) is 139 cm³/mol. The predicted octanol–water partition coefficient (Wildman–Crippen LogP) is 6.55. The zero-order valence-corrected chi connectivity index (χ0v) is 20.9. The van der Waals surface area contributed by atoms with Crippen LogP contribution in [0.4, 0.5) is 30.2 Å². The Bertz CT molecular complexity index is 1420. The van der Waals surface area contributed by atoms with Gasteiger partial charge in [0.1, 0.15) is 5.54 Å². The number of rotatable bonds is 2. The standard InChI is InChI=1S/C22H18F3N3OS.C6H3N/c1-14-5-7-15(8-6-14)28-20(30)27(19(29)21(28)11-3-4-12-21)16-9-10-18(26-2)17(13-16)22(23,24)25;1-2-3-4-5-6-7/h5-10,13H,3-4,11-12H2,1H3;1H3. The highest BCUT2D eigenvalue weighted by molar-refractivity contribution is 7.81. The van der Waals surface area contributed by atoms with Crippen molar-refractivity contribution < 1.29 is 18.0 Å². The van der Waals surface area contributed by atoms with Crippen LogP contribution in [0.3, 0.4) is 0 Å². The van der Waals surface area contributed by atoms with E-state index >= 15 is 0 Å². The summed E-state index contributed by atoms with van der Waals surface area (Å²) in [5, 5.41) is 7.96. The van der Waals surface area contributed by atoms with Gasteiger partial charge in [-0.1, -0.05) is 42.5 Å². The fourth-order valence-electron chi connectivity index (χ4n) is 4.46. The van der Waals surface area contributed by atoms with Crippen molar-refractivity contribution in [3.8, 4) is 29.8 Å². The Morgan fingerprint density at radius 2 is 1.68 bits per heavy atom. The van der Waals surface area contributed by atoms with E-state index in [0.29, 0.717) is 12.8 Å². The van der Waals surface area contributed by atoms with Crippen molar-refractivity contribution in [2.24, 2.45) is 0 Å². The molecule has 1 aliphatic heterocycles. The largest absolute Gasteiger partial charge is 0.407 e. The van der Waals surface area contributed by atoms with E-state index in [1.807, 2.05) is 31.2 Å². The minimum absolute atomic E-state index is 0.0330. The second kappa shape index (κ2) is 11.2. The molecule has 2 aromatic rings. The lowest BCUT2D eigenvalue weighted by atomic mass is 9.94. The molecule has 2 aromatic carbocycles. The maximum absolute atomic E-state index is 13.6. The number of amides is 1. The van der Waals surface area contributed by atoms with Crippen LogP contribution < -0.4 is 9.80 Å². The fraction of sp³-hybridized carbons (Fsp3) is 0.286. The zero-order valence-electron chi connectivity index (χ0n) is 20.1. The molecule has 0 bridgehead atoms. The molecule has 1 saturated heterocycles. The van der Waals surface area contributed by atoms with Crippen LogP contribution in [0.5, 0.6) is 0 Å². The fourth-order valence-corrected chi connectivity index (χ4v) is 4.93. The molecule has 1 aliphatic carbocycles. The molecule has 0 unspecified atom stereocenters. The third kappa shape index (κ3) is 5.44. The van der Waals surface area contributed by atoms with Crippen molar-refractivity contribution in [3.63, 3.8) is 0 Å². The number of thiocarbonyl (C=S) groups is 1. The summed E-state index contributed by atoms with van der Waals surface area (Å²) in [5.41, 5.74) is -0.627. The molecule has 9 heteroatoms. The minimum Gasteiger partial charge on any atom is -0.303 e. The van der Waals surface area contributed by atoms with Gasteiger partial charge >= 0.3 is 6.18 Å². The van der Waals surface area contributed by atoms with Crippen molar-refractivity contribution in [2.75, 3.05) is 9.80 Å². The first-order valence-electron chi connectivity index (χ1n) is 11.3. The number of anilines is 2. The normalized spacial score (nSPS) is 15.5. The molecule has 0 atom stereocenters. The Labute approximate surface area is 219 Å². The summed E-state index contributed by atoms with van der Waals surface area (Å²) in [6, 6.07) is 12.5. The summed E-state index contributed by atoms with van der Waals surface area (Å²) < 4.78 is 40.4. The average Bonchev–Trinajstić information content (AvgIpc) is 3.43. The van der Waals surface area contributed by atoms with Gasteiger partial charge in [-0.2, -0.15) is 18.4 Å². The van der Waals surface area contributed by atoms with Crippen LogP contribution in [0.2, 0.25) is 0 Å². The third-order valence-corrected chi connectivity index (χ3v) is 6.47. The molecule has 37 heavy (non-hydrogen) atoms. The van der Waals surface area contributed by atoms with Crippen molar-refractivity contribution >= 4 is 40.3 Å². The van der Waals surface area contributed by atoms with E-state index in [0.717, 1.165) is 36.2 Å². The van der Waals surface area contributed by atoms with E-state index in [9.17, 15) is 18.0 Å². The molecule has 1 amide bonds. The van der Waals surface area contributed by atoms with Gasteiger partial charge in [0.15, 0.2) is 16.9 Å². The summed E-state index contributed by atoms with van der Waals surface area (Å²) in [5.74, 6) is 9.08. The summed E-state index contributed by atoms with van der Waals surface area (Å²) in [6.07, 6.45) is -1.85. The third-order valence-electron chi connectivity index (χ3n) is 6.10. The Balaban J connectivity index is 0.000000479. The number of alkyl halides is 3. The molecule has 186 valence electrons. The highest BCUT2D eigenvalue weighted by Crippen LogP contribution is 2.47. The Morgan fingerprint density at radius 3 is 2.22 bits per heavy atom. The number of nitriles is 1. The van der Waals surface area contributed by atoms with E-state index in [1.54, 1.807) is 17.9 Å². The van der Waals surface area contributed by atoms with Crippen molar-refractivity contribution in [2.45, 2.75) is 51.2 Å². The van der Waals surface area contributed by atoms with E-state index < -0.39 is 23.0 Å². The van der Waals surface area contributed by atoms with Crippen LogP contribution in [0.1, 0.15) is 43.7 Å². The lowest BCUT2D eigenvalue weighted by Crippen LogP contribution is -2.47. The number of carbonyl (C=O) groups is 1. The molecular weight excluding hydrogens is 497 g/mol. The average molecular weight is 519 g/mol. The number of carbonyl (C=O) groups excluding carboxylic acids is 1. The minimum atomic E-state index is -4.71. The quantitative estimate of drug-likeness (QED) is 0.257. The van der Waals surface area contributed by atoms with E-state index in [2.05, 4.69) is 28.5 Å². The lowest BCUT2D eigenvalue weighted by Gasteiger charge is -2.32. The molecule has 4 rings (SSSR count). The number of benzene rings is 2. The van der Waals surface area contributed by atoms with Gasteiger partial charge in [0, 0.05) is 23.2 Å². The van der Waals surface area contributed by atoms with Crippen LogP contribution >= 0.6 is 12.2 Å². The van der Waals surface area contributed by atoms with Gasteiger partial charge in [-0.3, -0.25) is 9.69 Å². The van der Waals surface area contributed by atoms with E-state index in [-0.39, 0.29) is 16.7 Å². The van der Waals surface area contributed by atoms with Gasteiger partial charge < -0.3 is 4.90 Å². The van der Waals surface area contributed by atoms with Crippen molar-refractivity contribution in [1.82, 2.24) is 0 Å². The van der Waals surface area contributed by atoms with E-state index in [1.165, 1.54) is 11.0 Å². The van der Waals surface area contributed by atoms with Gasteiger partial charge in [0.25, 0.3) is 5.91 Å². The molecule has 0 N–H and O–H groups in total. The smallest absolute Gasteiger partial charge is 0.303 e. The SMILES string of the molecule is CC#CC#CC#N.[C-]#[N+]c1ccc(N2C(=O)C3(CCCC3)N(c3ccc(C)cc3)C2=S)cc1C(F)(F)F. The molecule has 0 aromatic heterocycles. The maximum atomic E-state index is 13.6. The van der Waals surface area contributed by atoms with Gasteiger partial charge in [0.05, 0.1) is 12.1 Å². The molecule has 5 nitrogen and oxygen atoms in total. The van der Waals surface area contributed by atoms with Crippen LogP contribution in [0.15, 0.2) is 42.5 Å². The first-order chi connectivity index (χ1) is 17.6. The second-order valence-electron chi connectivity index (χ2n) is 8.38. The molecular formula is C28H21F3N4OS.